The molecule has 3 heterocycles. The van der Waals surface area contributed by atoms with E-state index in [2.05, 4.69) is 20.4 Å². The van der Waals surface area contributed by atoms with E-state index in [1.807, 2.05) is 0 Å². The molecule has 25 heavy (non-hydrogen) atoms. The Morgan fingerprint density at radius 1 is 1.24 bits per heavy atom. The summed E-state index contributed by atoms with van der Waals surface area (Å²) in [6.45, 7) is 0.0909. The van der Waals surface area contributed by atoms with Gasteiger partial charge in [0, 0.05) is 28.0 Å². The minimum atomic E-state index is -0.341. The highest BCUT2D eigenvalue weighted by Gasteiger charge is 2.14. The topological polar surface area (TPSA) is 80.9 Å². The molecule has 0 saturated heterocycles. The van der Waals surface area contributed by atoms with E-state index >= 15 is 0 Å². The third-order valence-corrected chi connectivity index (χ3v) is 4.64. The van der Waals surface area contributed by atoms with Crippen LogP contribution in [0.3, 0.4) is 0 Å². The molecule has 0 aliphatic carbocycles. The Morgan fingerprint density at radius 2 is 2.08 bits per heavy atom. The van der Waals surface area contributed by atoms with E-state index in [9.17, 15) is 9.18 Å². The van der Waals surface area contributed by atoms with Gasteiger partial charge in [0.2, 0.25) is 11.7 Å². The maximum Gasteiger partial charge on any atom is 0.261 e. The van der Waals surface area contributed by atoms with E-state index in [1.54, 1.807) is 42.7 Å². The molecule has 0 aliphatic heterocycles. The zero-order valence-electron chi connectivity index (χ0n) is 12.8. The lowest BCUT2D eigenvalue weighted by Crippen LogP contribution is -2.21. The molecule has 0 bridgehead atoms. The van der Waals surface area contributed by atoms with Gasteiger partial charge in [0.15, 0.2) is 0 Å². The van der Waals surface area contributed by atoms with Crippen LogP contribution in [0.15, 0.2) is 53.3 Å². The number of thiophene rings is 1. The maximum absolute atomic E-state index is 13.7. The quantitative estimate of drug-likeness (QED) is 0.607. The molecule has 0 spiro atoms. The average Bonchev–Trinajstić information content (AvgIpc) is 3.28. The van der Waals surface area contributed by atoms with Crippen LogP contribution in [0.2, 0.25) is 0 Å². The van der Waals surface area contributed by atoms with Crippen molar-refractivity contribution in [1.82, 2.24) is 20.4 Å². The van der Waals surface area contributed by atoms with E-state index < -0.39 is 0 Å². The Balaban J connectivity index is 1.46. The van der Waals surface area contributed by atoms with Gasteiger partial charge >= 0.3 is 0 Å². The molecule has 1 N–H and O–H groups in total. The highest BCUT2D eigenvalue weighted by atomic mass is 32.1. The first-order valence-corrected chi connectivity index (χ1v) is 8.21. The molecule has 124 valence electrons. The molecule has 1 aromatic carbocycles. The number of rotatable bonds is 4. The summed E-state index contributed by atoms with van der Waals surface area (Å²) in [5.41, 5.74) is 0.774. The number of hydrogen-bond acceptors (Lipinski definition) is 6. The molecule has 0 saturated carbocycles. The first kappa shape index (κ1) is 15.4. The zero-order valence-corrected chi connectivity index (χ0v) is 13.6. The van der Waals surface area contributed by atoms with Gasteiger partial charge in [0.25, 0.3) is 5.91 Å². The molecule has 6 nitrogen and oxygen atoms in total. The summed E-state index contributed by atoms with van der Waals surface area (Å²) in [5, 5.41) is 7.01. The van der Waals surface area contributed by atoms with Crippen molar-refractivity contribution >= 4 is 27.3 Å². The number of nitrogens with zero attached hydrogens (tertiary/aromatic N) is 3. The van der Waals surface area contributed by atoms with E-state index in [4.69, 9.17) is 4.52 Å². The van der Waals surface area contributed by atoms with Crippen LogP contribution >= 0.6 is 11.3 Å². The number of amides is 1. The Labute approximate surface area is 145 Å². The van der Waals surface area contributed by atoms with Gasteiger partial charge in [-0.25, -0.2) is 4.39 Å². The molecule has 3 aromatic heterocycles. The molecule has 0 radical (unpaired) electrons. The first-order chi connectivity index (χ1) is 12.2. The van der Waals surface area contributed by atoms with Crippen LogP contribution in [0.4, 0.5) is 4.39 Å². The third-order valence-electron chi connectivity index (χ3n) is 3.54. The van der Waals surface area contributed by atoms with Gasteiger partial charge < -0.3 is 9.84 Å². The molecular weight excluding hydrogens is 343 g/mol. The van der Waals surface area contributed by atoms with Crippen molar-refractivity contribution in [1.29, 1.82) is 0 Å². The van der Waals surface area contributed by atoms with Gasteiger partial charge in [-0.05, 0) is 30.3 Å². The monoisotopic (exact) mass is 354 g/mol. The summed E-state index contributed by atoms with van der Waals surface area (Å²) in [7, 11) is 0. The summed E-state index contributed by atoms with van der Waals surface area (Å²) in [4.78, 5) is 20.8. The fourth-order valence-electron chi connectivity index (χ4n) is 2.33. The predicted octanol–water partition coefficient (Wildman–Crippen LogP) is 3.42. The van der Waals surface area contributed by atoms with Gasteiger partial charge in [-0.3, -0.25) is 9.78 Å². The molecule has 0 atom stereocenters. The second kappa shape index (κ2) is 6.40. The van der Waals surface area contributed by atoms with Crippen molar-refractivity contribution < 1.29 is 13.7 Å². The highest BCUT2D eigenvalue weighted by Crippen LogP contribution is 2.27. The van der Waals surface area contributed by atoms with Crippen molar-refractivity contribution in [2.45, 2.75) is 6.54 Å². The fourth-order valence-corrected chi connectivity index (χ4v) is 3.32. The summed E-state index contributed by atoms with van der Waals surface area (Å²) in [6, 6.07) is 9.84. The van der Waals surface area contributed by atoms with Crippen molar-refractivity contribution in [3.8, 4) is 11.4 Å². The van der Waals surface area contributed by atoms with Crippen LogP contribution in [0.25, 0.3) is 21.5 Å². The number of aromatic nitrogens is 3. The number of benzene rings is 1. The van der Waals surface area contributed by atoms with Gasteiger partial charge in [0.05, 0.1) is 11.4 Å². The fraction of sp³-hybridized carbons (Fsp3) is 0.0588. The van der Waals surface area contributed by atoms with E-state index in [0.717, 1.165) is 10.3 Å². The van der Waals surface area contributed by atoms with Gasteiger partial charge in [-0.15, -0.1) is 11.3 Å². The molecule has 4 rings (SSSR count). The lowest BCUT2D eigenvalue weighted by atomic mass is 10.2. The first-order valence-electron chi connectivity index (χ1n) is 7.40. The summed E-state index contributed by atoms with van der Waals surface area (Å²) >= 11 is 1.23. The molecule has 0 fully saturated rings. The second-order valence-electron chi connectivity index (χ2n) is 5.19. The molecule has 4 aromatic rings. The van der Waals surface area contributed by atoms with Crippen molar-refractivity contribution in [3.63, 3.8) is 0 Å². The number of carbonyl (C=O) groups is 1. The van der Waals surface area contributed by atoms with Gasteiger partial charge in [-0.2, -0.15) is 4.98 Å². The smallest absolute Gasteiger partial charge is 0.261 e. The van der Waals surface area contributed by atoms with Crippen LogP contribution in [0.1, 0.15) is 15.6 Å². The summed E-state index contributed by atoms with van der Waals surface area (Å²) in [6.07, 6.45) is 3.27. The Kier molecular flexibility index (Phi) is 3.95. The Bertz CT molecular complexity index is 1050. The SMILES string of the molecule is O=C(NCc1nc(-c2ccncc2)no1)c1cc2c(F)cccc2s1. The number of halogens is 1. The number of carbonyl (C=O) groups excluding carboxylic acids is 1. The summed E-state index contributed by atoms with van der Waals surface area (Å²) in [5.74, 6) is 0.0546. The van der Waals surface area contributed by atoms with E-state index in [0.29, 0.717) is 16.1 Å². The van der Waals surface area contributed by atoms with Crippen LogP contribution in [-0.2, 0) is 6.54 Å². The average molecular weight is 354 g/mol. The zero-order chi connectivity index (χ0) is 17.2. The van der Waals surface area contributed by atoms with Crippen LogP contribution in [0.5, 0.6) is 0 Å². The lowest BCUT2D eigenvalue weighted by Gasteiger charge is -1.98. The Morgan fingerprint density at radius 3 is 2.88 bits per heavy atom. The van der Waals surface area contributed by atoms with Crippen LogP contribution in [-0.4, -0.2) is 21.0 Å². The normalized spacial score (nSPS) is 10.9. The van der Waals surface area contributed by atoms with E-state index in [1.165, 1.54) is 17.4 Å². The van der Waals surface area contributed by atoms with Crippen molar-refractivity contribution in [2.75, 3.05) is 0 Å². The van der Waals surface area contributed by atoms with Gasteiger partial charge in [0.1, 0.15) is 5.82 Å². The summed E-state index contributed by atoms with van der Waals surface area (Å²) < 4.78 is 19.6. The van der Waals surface area contributed by atoms with Crippen molar-refractivity contribution in [3.05, 3.63) is 65.4 Å². The number of hydrogen-bond donors (Lipinski definition) is 1. The highest BCUT2D eigenvalue weighted by molar-refractivity contribution is 7.20. The van der Waals surface area contributed by atoms with E-state index in [-0.39, 0.29) is 24.2 Å². The number of nitrogens with one attached hydrogen (secondary N) is 1. The molecular formula is C17H11FN4O2S. The number of pyridine rings is 1. The number of fused-ring (bicyclic) bond motifs is 1. The molecule has 1 amide bonds. The standard InChI is InChI=1S/C17H11FN4O2S/c18-12-2-1-3-13-11(12)8-14(25-13)17(23)20-9-15-21-16(22-24-15)10-4-6-19-7-5-10/h1-8H,9H2,(H,20,23). The van der Waals surface area contributed by atoms with Crippen molar-refractivity contribution in [2.24, 2.45) is 0 Å². The van der Waals surface area contributed by atoms with Crippen LogP contribution in [0, 0.1) is 5.82 Å². The molecule has 0 unspecified atom stereocenters. The predicted molar refractivity (Wildman–Crippen MR) is 90.5 cm³/mol. The lowest BCUT2D eigenvalue weighted by molar-refractivity contribution is 0.0950. The minimum absolute atomic E-state index is 0.0909. The minimum Gasteiger partial charge on any atom is -0.342 e. The second-order valence-corrected chi connectivity index (χ2v) is 6.28. The maximum atomic E-state index is 13.7. The van der Waals surface area contributed by atoms with Gasteiger partial charge in [-0.1, -0.05) is 11.2 Å². The molecule has 0 aliphatic rings. The largest absolute Gasteiger partial charge is 0.342 e. The Hall–Kier alpha value is -3.13. The van der Waals surface area contributed by atoms with Crippen LogP contribution < -0.4 is 5.32 Å². The third kappa shape index (κ3) is 3.11. The molecule has 8 heteroatoms.